The first-order valence-corrected chi connectivity index (χ1v) is 8.52. The van der Waals surface area contributed by atoms with Crippen LogP contribution in [-0.2, 0) is 49.6 Å². The fourth-order valence-corrected chi connectivity index (χ4v) is 3.24. The maximum atomic E-state index is 11.6. The molecule has 2 heterocycles. The van der Waals surface area contributed by atoms with Crippen LogP contribution in [-0.4, -0.2) is 66.9 Å². The van der Waals surface area contributed by atoms with E-state index in [9.17, 15) is 14.7 Å². The SMILES string of the molecule is C=C(C)NC1C=C(C(=O)O)O[C@@H](C(OC)C2COC(C)(C)O2)C1NC=C=O.[W]. The Balaban J connectivity index is 0.00000392. The zero-order chi connectivity index (χ0) is 20.2. The summed E-state index contributed by atoms with van der Waals surface area (Å²) in [5.74, 6) is -0.573. The van der Waals surface area contributed by atoms with Gasteiger partial charge in [0.25, 0.3) is 0 Å². The van der Waals surface area contributed by atoms with E-state index in [-0.39, 0.29) is 33.4 Å². The van der Waals surface area contributed by atoms with Gasteiger partial charge in [-0.05, 0) is 26.8 Å². The normalized spacial score (nSPS) is 29.2. The van der Waals surface area contributed by atoms with Gasteiger partial charge in [0.2, 0.25) is 5.76 Å². The Bertz CT molecular complexity index is 660. The fraction of sp³-hybridized carbons (Fsp3) is 0.611. The topological polar surface area (TPSA) is 115 Å². The van der Waals surface area contributed by atoms with Crippen LogP contribution < -0.4 is 10.6 Å². The van der Waals surface area contributed by atoms with E-state index in [0.717, 1.165) is 6.20 Å². The average Bonchev–Trinajstić information content (AvgIpc) is 2.93. The van der Waals surface area contributed by atoms with Gasteiger partial charge in [0, 0.05) is 33.9 Å². The first-order valence-electron chi connectivity index (χ1n) is 8.52. The van der Waals surface area contributed by atoms with Gasteiger partial charge < -0.3 is 34.7 Å². The zero-order valence-corrected chi connectivity index (χ0v) is 19.2. The van der Waals surface area contributed by atoms with E-state index in [0.29, 0.717) is 5.70 Å². The summed E-state index contributed by atoms with van der Waals surface area (Å²) in [5, 5.41) is 15.4. The van der Waals surface area contributed by atoms with Crippen molar-refractivity contribution in [2.75, 3.05) is 13.7 Å². The Morgan fingerprint density at radius 2 is 2.21 bits per heavy atom. The zero-order valence-electron chi connectivity index (χ0n) is 16.3. The van der Waals surface area contributed by atoms with Gasteiger partial charge >= 0.3 is 5.97 Å². The van der Waals surface area contributed by atoms with Crippen LogP contribution in [0.15, 0.2) is 30.3 Å². The van der Waals surface area contributed by atoms with Crippen molar-refractivity contribution in [1.82, 2.24) is 10.6 Å². The second kappa shape index (κ2) is 10.2. The minimum absolute atomic E-state index is 0. The molecule has 1 saturated heterocycles. The van der Waals surface area contributed by atoms with Gasteiger partial charge in [0.05, 0.1) is 24.9 Å². The van der Waals surface area contributed by atoms with Crippen LogP contribution >= 0.6 is 0 Å². The van der Waals surface area contributed by atoms with E-state index >= 15 is 0 Å². The summed E-state index contributed by atoms with van der Waals surface area (Å²) in [6.07, 6.45) is 0.582. The second-order valence-electron chi connectivity index (χ2n) is 6.89. The van der Waals surface area contributed by atoms with Crippen LogP contribution in [0.4, 0.5) is 0 Å². The Morgan fingerprint density at radius 1 is 1.54 bits per heavy atom. The smallest absolute Gasteiger partial charge is 0.370 e. The number of carbonyl (C=O) groups is 1. The number of aliphatic carboxylic acids is 1. The minimum atomic E-state index is -1.21. The number of ether oxygens (including phenoxy) is 4. The summed E-state index contributed by atoms with van der Waals surface area (Å²) in [7, 11) is 1.48. The molecule has 2 aliphatic heterocycles. The summed E-state index contributed by atoms with van der Waals surface area (Å²) < 4.78 is 22.8. The first kappa shape index (κ1) is 24.4. The van der Waals surface area contributed by atoms with Crippen LogP contribution in [0.2, 0.25) is 0 Å². The van der Waals surface area contributed by atoms with Crippen molar-refractivity contribution in [1.29, 1.82) is 0 Å². The van der Waals surface area contributed by atoms with Gasteiger partial charge in [-0.3, -0.25) is 0 Å². The molecule has 3 N–H and O–H groups in total. The molecule has 1 fully saturated rings. The van der Waals surface area contributed by atoms with Crippen molar-refractivity contribution in [3.8, 4) is 0 Å². The monoisotopic (exact) mass is 566 g/mol. The van der Waals surface area contributed by atoms with E-state index in [2.05, 4.69) is 17.2 Å². The summed E-state index contributed by atoms with van der Waals surface area (Å²) in [5.41, 5.74) is 0.624. The van der Waals surface area contributed by atoms with Gasteiger partial charge in [-0.15, -0.1) is 0 Å². The summed E-state index contributed by atoms with van der Waals surface area (Å²) in [6, 6.07) is -1.08. The standard InChI is InChI=1S/C18H26N2O7.W/c1-10(2)20-11-8-12(17(22)23)26-16(14(11)19-6-7-21)15(24-5)13-9-25-18(3,4)27-13;/h6,8,11,13-16,19-20H,1,9H2,2-5H3,(H,22,23);/t11?,13?,14?,15?,16-;/m1./s1. The van der Waals surface area contributed by atoms with Crippen molar-refractivity contribution in [2.24, 2.45) is 0 Å². The number of carbonyl (C=O) groups excluding carboxylic acids is 1. The Kier molecular flexibility index (Phi) is 8.92. The number of allylic oxidation sites excluding steroid dienone is 1. The number of rotatable bonds is 8. The molecule has 4 unspecified atom stereocenters. The molecule has 2 rings (SSSR count). The third kappa shape index (κ3) is 5.93. The molecule has 0 amide bonds. The Hall–Kier alpha value is -1.63. The van der Waals surface area contributed by atoms with Crippen molar-refractivity contribution in [3.05, 3.63) is 30.3 Å². The van der Waals surface area contributed by atoms with E-state index in [1.807, 2.05) is 0 Å². The Labute approximate surface area is 178 Å². The van der Waals surface area contributed by atoms with Crippen LogP contribution in [0.5, 0.6) is 0 Å². The molecular formula is C18H26N2O7W. The molecule has 0 saturated carbocycles. The number of methoxy groups -OCH3 is 1. The maximum Gasteiger partial charge on any atom is 0.370 e. The van der Waals surface area contributed by atoms with Crippen LogP contribution in [0, 0.1) is 0 Å². The minimum Gasteiger partial charge on any atom is -0.478 e. The van der Waals surface area contributed by atoms with Crippen molar-refractivity contribution in [3.63, 3.8) is 0 Å². The molecule has 0 aromatic heterocycles. The van der Waals surface area contributed by atoms with Crippen molar-refractivity contribution < 1.29 is 54.7 Å². The average molecular weight is 566 g/mol. The van der Waals surface area contributed by atoms with Gasteiger partial charge in [-0.1, -0.05) is 6.58 Å². The molecule has 10 heteroatoms. The van der Waals surface area contributed by atoms with Gasteiger partial charge in [-0.2, -0.15) is 0 Å². The molecule has 9 nitrogen and oxygen atoms in total. The molecule has 0 spiro atoms. The van der Waals surface area contributed by atoms with Crippen molar-refractivity contribution >= 4 is 11.9 Å². The largest absolute Gasteiger partial charge is 0.478 e. The van der Waals surface area contributed by atoms with Crippen LogP contribution in [0.3, 0.4) is 0 Å². The van der Waals surface area contributed by atoms with E-state index in [1.54, 1.807) is 26.7 Å². The third-order valence-corrected chi connectivity index (χ3v) is 4.29. The summed E-state index contributed by atoms with van der Waals surface area (Å²) in [4.78, 5) is 22.3. The van der Waals surface area contributed by atoms with E-state index in [4.69, 9.17) is 18.9 Å². The van der Waals surface area contributed by atoms with Gasteiger partial charge in [0.1, 0.15) is 18.1 Å². The van der Waals surface area contributed by atoms with Gasteiger partial charge in [-0.25, -0.2) is 9.59 Å². The van der Waals surface area contributed by atoms with Gasteiger partial charge in [0.15, 0.2) is 11.9 Å². The number of hydrogen-bond donors (Lipinski definition) is 3. The first-order chi connectivity index (χ1) is 12.7. The molecular weight excluding hydrogens is 540 g/mol. The van der Waals surface area contributed by atoms with Crippen LogP contribution in [0.1, 0.15) is 20.8 Å². The fourth-order valence-electron chi connectivity index (χ4n) is 3.24. The molecule has 0 aromatic rings. The molecule has 0 aromatic carbocycles. The molecule has 0 radical (unpaired) electrons. The number of carboxylic acids is 1. The summed E-state index contributed by atoms with van der Waals surface area (Å²) in [6.45, 7) is 9.36. The quantitative estimate of drug-likeness (QED) is 0.358. The number of carboxylic acid groups (broad SMARTS) is 1. The predicted octanol–water partition coefficient (Wildman–Crippen LogP) is 0.313. The molecule has 156 valence electrons. The molecule has 28 heavy (non-hydrogen) atoms. The second-order valence-corrected chi connectivity index (χ2v) is 6.89. The number of nitrogens with one attached hydrogen (secondary N) is 2. The molecule has 2 aliphatic rings. The van der Waals surface area contributed by atoms with Crippen molar-refractivity contribution in [2.45, 2.75) is 57.0 Å². The third-order valence-electron chi connectivity index (χ3n) is 4.29. The predicted molar refractivity (Wildman–Crippen MR) is 95.2 cm³/mol. The summed E-state index contributed by atoms with van der Waals surface area (Å²) >= 11 is 0. The van der Waals surface area contributed by atoms with E-state index in [1.165, 1.54) is 13.2 Å². The molecule has 0 bridgehead atoms. The Morgan fingerprint density at radius 3 is 2.68 bits per heavy atom. The maximum absolute atomic E-state index is 11.6. The van der Waals surface area contributed by atoms with Crippen LogP contribution in [0.25, 0.3) is 0 Å². The molecule has 0 aliphatic carbocycles. The molecule has 5 atom stereocenters. The van der Waals surface area contributed by atoms with E-state index < -0.39 is 42.2 Å². The number of hydrogen-bond acceptors (Lipinski definition) is 8.